The minimum absolute atomic E-state index is 0.0887. The van der Waals surface area contributed by atoms with Gasteiger partial charge in [0, 0.05) is 30.9 Å². The molecule has 5 heteroatoms. The quantitative estimate of drug-likeness (QED) is 0.836. The molecule has 0 radical (unpaired) electrons. The van der Waals surface area contributed by atoms with Gasteiger partial charge in [0.15, 0.2) is 0 Å². The molecule has 0 saturated carbocycles. The van der Waals surface area contributed by atoms with Crippen LogP contribution in [0.4, 0.5) is 5.82 Å². The third kappa shape index (κ3) is 2.50. The van der Waals surface area contributed by atoms with Crippen LogP contribution in [0, 0.1) is 5.92 Å². The number of aromatic nitrogens is 1. The lowest BCUT2D eigenvalue weighted by Crippen LogP contribution is -2.53. The first-order valence-electron chi connectivity index (χ1n) is 7.36. The Morgan fingerprint density at radius 3 is 3.05 bits per heavy atom. The van der Waals surface area contributed by atoms with E-state index < -0.39 is 0 Å². The zero-order valence-corrected chi connectivity index (χ0v) is 12.0. The molecule has 1 aromatic rings. The van der Waals surface area contributed by atoms with E-state index in [9.17, 15) is 4.79 Å². The SMILES string of the molecule is CN1CCCC2CN(C(=O)c3ccnc(N)c3)CCC21. The van der Waals surface area contributed by atoms with E-state index in [0.717, 1.165) is 19.5 Å². The van der Waals surface area contributed by atoms with Crippen molar-refractivity contribution in [3.8, 4) is 0 Å². The second-order valence-corrected chi connectivity index (χ2v) is 5.96. The van der Waals surface area contributed by atoms with E-state index >= 15 is 0 Å². The highest BCUT2D eigenvalue weighted by molar-refractivity contribution is 5.94. The fraction of sp³-hybridized carbons (Fsp3) is 0.600. The van der Waals surface area contributed by atoms with Crippen LogP contribution in [0.2, 0.25) is 0 Å². The highest BCUT2D eigenvalue weighted by Gasteiger charge is 2.35. The van der Waals surface area contributed by atoms with Crippen molar-refractivity contribution < 1.29 is 4.79 Å². The fourth-order valence-electron chi connectivity index (χ4n) is 3.60. The summed E-state index contributed by atoms with van der Waals surface area (Å²) in [5.41, 5.74) is 6.31. The number of hydrogen-bond acceptors (Lipinski definition) is 4. The molecule has 2 N–H and O–H groups in total. The number of anilines is 1. The van der Waals surface area contributed by atoms with Gasteiger partial charge in [0.05, 0.1) is 0 Å². The standard InChI is InChI=1S/C15H22N4O/c1-18-7-2-3-12-10-19(8-5-13(12)18)15(20)11-4-6-17-14(16)9-11/h4,6,9,12-13H,2-3,5,7-8,10H2,1H3,(H2,16,17). The van der Waals surface area contributed by atoms with Gasteiger partial charge in [0.1, 0.15) is 5.82 Å². The summed E-state index contributed by atoms with van der Waals surface area (Å²) in [5.74, 6) is 1.11. The van der Waals surface area contributed by atoms with E-state index in [0.29, 0.717) is 23.3 Å². The maximum absolute atomic E-state index is 12.5. The van der Waals surface area contributed by atoms with Crippen molar-refractivity contribution in [2.24, 2.45) is 5.92 Å². The zero-order valence-electron chi connectivity index (χ0n) is 12.0. The summed E-state index contributed by atoms with van der Waals surface area (Å²) in [7, 11) is 2.21. The van der Waals surface area contributed by atoms with E-state index in [1.165, 1.54) is 19.4 Å². The van der Waals surface area contributed by atoms with E-state index in [1.807, 2.05) is 4.90 Å². The Hall–Kier alpha value is -1.62. The van der Waals surface area contributed by atoms with Crippen molar-refractivity contribution >= 4 is 11.7 Å². The van der Waals surface area contributed by atoms with Crippen molar-refractivity contribution in [3.05, 3.63) is 23.9 Å². The molecule has 0 bridgehead atoms. The number of pyridine rings is 1. The lowest BCUT2D eigenvalue weighted by Gasteiger charge is -2.46. The Balaban J connectivity index is 1.71. The second-order valence-electron chi connectivity index (χ2n) is 5.96. The molecule has 3 rings (SSSR count). The van der Waals surface area contributed by atoms with E-state index in [4.69, 9.17) is 5.73 Å². The van der Waals surface area contributed by atoms with Crippen LogP contribution in [0.3, 0.4) is 0 Å². The first-order chi connectivity index (χ1) is 9.65. The normalized spacial score (nSPS) is 27.1. The van der Waals surface area contributed by atoms with Gasteiger partial charge in [-0.25, -0.2) is 4.98 Å². The molecule has 1 amide bonds. The summed E-state index contributed by atoms with van der Waals surface area (Å²) in [4.78, 5) is 20.9. The smallest absolute Gasteiger partial charge is 0.254 e. The van der Waals surface area contributed by atoms with Gasteiger partial charge in [0.2, 0.25) is 0 Å². The molecule has 2 unspecified atom stereocenters. The second kappa shape index (κ2) is 5.40. The average Bonchev–Trinajstić information content (AvgIpc) is 2.46. The fourth-order valence-corrected chi connectivity index (χ4v) is 3.60. The topological polar surface area (TPSA) is 62.5 Å². The monoisotopic (exact) mass is 274 g/mol. The van der Waals surface area contributed by atoms with Gasteiger partial charge in [-0.2, -0.15) is 0 Å². The van der Waals surface area contributed by atoms with Crippen molar-refractivity contribution in [3.63, 3.8) is 0 Å². The number of nitrogen functional groups attached to an aromatic ring is 1. The largest absolute Gasteiger partial charge is 0.384 e. The molecule has 1 aromatic heterocycles. The Bertz CT molecular complexity index is 504. The van der Waals surface area contributed by atoms with E-state index in [1.54, 1.807) is 18.3 Å². The van der Waals surface area contributed by atoms with Crippen molar-refractivity contribution in [2.45, 2.75) is 25.3 Å². The number of rotatable bonds is 1. The van der Waals surface area contributed by atoms with Gasteiger partial charge >= 0.3 is 0 Å². The van der Waals surface area contributed by atoms with Crippen LogP contribution in [0.1, 0.15) is 29.6 Å². The molecule has 2 saturated heterocycles. The van der Waals surface area contributed by atoms with Crippen LogP contribution in [0.15, 0.2) is 18.3 Å². The summed E-state index contributed by atoms with van der Waals surface area (Å²) >= 11 is 0. The van der Waals surface area contributed by atoms with E-state index in [2.05, 4.69) is 16.9 Å². The number of carbonyl (C=O) groups excluding carboxylic acids is 1. The average molecular weight is 274 g/mol. The minimum Gasteiger partial charge on any atom is -0.384 e. The first-order valence-corrected chi connectivity index (χ1v) is 7.36. The molecule has 2 aliphatic heterocycles. The van der Waals surface area contributed by atoms with Gasteiger partial charge in [-0.15, -0.1) is 0 Å². The van der Waals surface area contributed by atoms with Gasteiger partial charge in [-0.05, 0) is 50.9 Å². The number of likely N-dealkylation sites (tertiary alicyclic amines) is 2. The van der Waals surface area contributed by atoms with Gasteiger partial charge < -0.3 is 15.5 Å². The van der Waals surface area contributed by atoms with Crippen molar-refractivity contribution in [1.29, 1.82) is 0 Å². The van der Waals surface area contributed by atoms with Crippen LogP contribution in [-0.2, 0) is 0 Å². The van der Waals surface area contributed by atoms with Crippen molar-refractivity contribution in [1.82, 2.24) is 14.8 Å². The minimum atomic E-state index is 0.0887. The van der Waals surface area contributed by atoms with E-state index in [-0.39, 0.29) is 5.91 Å². The number of piperidine rings is 2. The molecule has 2 aliphatic rings. The summed E-state index contributed by atoms with van der Waals surface area (Å²) in [6.07, 6.45) is 5.15. The van der Waals surface area contributed by atoms with Crippen LogP contribution >= 0.6 is 0 Å². The summed E-state index contributed by atoms with van der Waals surface area (Å²) in [5, 5.41) is 0. The molecule has 2 atom stereocenters. The molecule has 0 spiro atoms. The number of nitrogens with zero attached hydrogens (tertiary/aromatic N) is 3. The maximum atomic E-state index is 12.5. The molecule has 0 aromatic carbocycles. The Kier molecular flexibility index (Phi) is 3.61. The highest BCUT2D eigenvalue weighted by atomic mass is 16.2. The van der Waals surface area contributed by atoms with Crippen LogP contribution in [0.25, 0.3) is 0 Å². The number of amides is 1. The Morgan fingerprint density at radius 1 is 1.40 bits per heavy atom. The molecule has 5 nitrogen and oxygen atoms in total. The Labute approximate surface area is 119 Å². The molecule has 0 aliphatic carbocycles. The molecule has 2 fully saturated rings. The predicted octanol–water partition coefficient (Wildman–Crippen LogP) is 1.22. The molecule has 3 heterocycles. The van der Waals surface area contributed by atoms with Gasteiger partial charge in [-0.1, -0.05) is 0 Å². The van der Waals surface area contributed by atoms with Crippen molar-refractivity contribution in [2.75, 3.05) is 32.4 Å². The number of nitrogens with two attached hydrogens (primary N) is 1. The van der Waals surface area contributed by atoms with Gasteiger partial charge in [-0.3, -0.25) is 4.79 Å². The third-order valence-electron chi connectivity index (χ3n) is 4.66. The summed E-state index contributed by atoms with van der Waals surface area (Å²) in [6.45, 7) is 2.90. The van der Waals surface area contributed by atoms with Crippen LogP contribution in [-0.4, -0.2) is 53.4 Å². The zero-order chi connectivity index (χ0) is 14.1. The highest BCUT2D eigenvalue weighted by Crippen LogP contribution is 2.30. The van der Waals surface area contributed by atoms with Crippen LogP contribution in [0.5, 0.6) is 0 Å². The number of fused-ring (bicyclic) bond motifs is 1. The van der Waals surface area contributed by atoms with Gasteiger partial charge in [0.25, 0.3) is 5.91 Å². The predicted molar refractivity (Wildman–Crippen MR) is 78.3 cm³/mol. The Morgan fingerprint density at radius 2 is 2.25 bits per heavy atom. The third-order valence-corrected chi connectivity index (χ3v) is 4.66. The molecular formula is C15H22N4O. The maximum Gasteiger partial charge on any atom is 0.254 e. The summed E-state index contributed by atoms with van der Waals surface area (Å²) < 4.78 is 0. The molecule has 108 valence electrons. The summed E-state index contributed by atoms with van der Waals surface area (Å²) in [6, 6.07) is 4.06. The first kappa shape index (κ1) is 13.4. The number of hydrogen-bond donors (Lipinski definition) is 1. The van der Waals surface area contributed by atoms with Crippen LogP contribution < -0.4 is 5.73 Å². The molecular weight excluding hydrogens is 252 g/mol. The molecule has 20 heavy (non-hydrogen) atoms. The lowest BCUT2D eigenvalue weighted by molar-refractivity contribution is 0.0317. The lowest BCUT2D eigenvalue weighted by atomic mass is 9.84. The number of carbonyl (C=O) groups is 1.